The van der Waals surface area contributed by atoms with Gasteiger partial charge in [-0.15, -0.1) is 0 Å². The first-order valence-corrected chi connectivity index (χ1v) is 7.74. The standard InChI is InChI=1S/C16H31N3O/c1-16(2,3)13-15(20)19-11-7-14(8-12-19)18(5)10-6-9-17-4/h14H,4,6-13H2,1-3,5H3. The van der Waals surface area contributed by atoms with Crippen molar-refractivity contribution in [2.24, 2.45) is 10.4 Å². The molecular formula is C16H31N3O. The van der Waals surface area contributed by atoms with Crippen molar-refractivity contribution in [2.45, 2.75) is 52.5 Å². The van der Waals surface area contributed by atoms with Crippen LogP contribution in [0.25, 0.3) is 0 Å². The van der Waals surface area contributed by atoms with Gasteiger partial charge in [-0.1, -0.05) is 20.8 Å². The van der Waals surface area contributed by atoms with E-state index in [1.807, 2.05) is 4.90 Å². The SMILES string of the molecule is C=NCCCN(C)C1CCN(C(=O)CC(C)(C)C)CC1. The Morgan fingerprint density at radius 3 is 2.45 bits per heavy atom. The van der Waals surface area contributed by atoms with Crippen molar-refractivity contribution < 1.29 is 4.79 Å². The van der Waals surface area contributed by atoms with E-state index in [4.69, 9.17) is 0 Å². The number of amides is 1. The van der Waals surface area contributed by atoms with Gasteiger partial charge in [-0.25, -0.2) is 0 Å². The molecular weight excluding hydrogens is 250 g/mol. The van der Waals surface area contributed by atoms with Gasteiger partial charge in [-0.05, 0) is 45.0 Å². The third-order valence-electron chi connectivity index (χ3n) is 3.95. The molecule has 1 aliphatic rings. The Bertz CT molecular complexity index is 314. The molecule has 0 aromatic heterocycles. The van der Waals surface area contributed by atoms with Crippen LogP contribution in [0, 0.1) is 5.41 Å². The molecule has 0 radical (unpaired) electrons. The number of likely N-dealkylation sites (tertiary alicyclic amines) is 1. The van der Waals surface area contributed by atoms with Crippen molar-refractivity contribution in [1.82, 2.24) is 9.80 Å². The zero-order valence-corrected chi connectivity index (χ0v) is 13.7. The molecule has 0 unspecified atom stereocenters. The zero-order valence-electron chi connectivity index (χ0n) is 13.7. The van der Waals surface area contributed by atoms with E-state index in [1.165, 1.54) is 0 Å². The summed E-state index contributed by atoms with van der Waals surface area (Å²) in [6.45, 7) is 13.6. The van der Waals surface area contributed by atoms with Gasteiger partial charge in [0.25, 0.3) is 0 Å². The molecule has 0 bridgehead atoms. The number of piperidine rings is 1. The first-order chi connectivity index (χ1) is 9.33. The Morgan fingerprint density at radius 1 is 1.35 bits per heavy atom. The normalized spacial score (nSPS) is 17.6. The molecule has 1 saturated heterocycles. The van der Waals surface area contributed by atoms with Crippen molar-refractivity contribution in [3.8, 4) is 0 Å². The van der Waals surface area contributed by atoms with E-state index in [9.17, 15) is 4.79 Å². The number of nitrogens with zero attached hydrogens (tertiary/aromatic N) is 3. The number of hydrogen-bond acceptors (Lipinski definition) is 3. The van der Waals surface area contributed by atoms with E-state index < -0.39 is 0 Å². The lowest BCUT2D eigenvalue weighted by Crippen LogP contribution is -2.46. The van der Waals surface area contributed by atoms with Gasteiger partial charge in [-0.2, -0.15) is 0 Å². The van der Waals surface area contributed by atoms with Gasteiger partial charge < -0.3 is 14.8 Å². The lowest BCUT2D eigenvalue weighted by molar-refractivity contribution is -0.134. The first kappa shape index (κ1) is 17.2. The molecule has 0 aromatic rings. The lowest BCUT2D eigenvalue weighted by Gasteiger charge is -2.37. The van der Waals surface area contributed by atoms with Crippen molar-refractivity contribution in [1.29, 1.82) is 0 Å². The quantitative estimate of drug-likeness (QED) is 0.554. The average molecular weight is 281 g/mol. The second-order valence-electron chi connectivity index (χ2n) is 7.13. The summed E-state index contributed by atoms with van der Waals surface area (Å²) in [4.78, 5) is 20.5. The van der Waals surface area contributed by atoms with Crippen LogP contribution in [-0.2, 0) is 4.79 Å². The van der Waals surface area contributed by atoms with Crippen LogP contribution < -0.4 is 0 Å². The minimum Gasteiger partial charge on any atom is -0.343 e. The fourth-order valence-corrected chi connectivity index (χ4v) is 2.74. The molecule has 1 amide bonds. The molecule has 0 N–H and O–H groups in total. The van der Waals surface area contributed by atoms with Gasteiger partial charge in [0.2, 0.25) is 5.91 Å². The number of carbonyl (C=O) groups excluding carboxylic acids is 1. The smallest absolute Gasteiger partial charge is 0.223 e. The Labute approximate surface area is 124 Å². The molecule has 0 spiro atoms. The minimum atomic E-state index is 0.0857. The van der Waals surface area contributed by atoms with E-state index in [-0.39, 0.29) is 5.41 Å². The molecule has 0 atom stereocenters. The molecule has 0 aromatic carbocycles. The maximum absolute atomic E-state index is 12.2. The molecule has 0 saturated carbocycles. The van der Waals surface area contributed by atoms with Crippen LogP contribution in [-0.4, -0.2) is 61.7 Å². The highest BCUT2D eigenvalue weighted by atomic mass is 16.2. The van der Waals surface area contributed by atoms with Crippen LogP contribution in [0.5, 0.6) is 0 Å². The van der Waals surface area contributed by atoms with Gasteiger partial charge >= 0.3 is 0 Å². The van der Waals surface area contributed by atoms with Crippen LogP contribution >= 0.6 is 0 Å². The average Bonchev–Trinajstić information content (AvgIpc) is 2.37. The van der Waals surface area contributed by atoms with Gasteiger partial charge in [-0.3, -0.25) is 4.79 Å². The number of rotatable bonds is 6. The van der Waals surface area contributed by atoms with Crippen LogP contribution in [0.15, 0.2) is 4.99 Å². The van der Waals surface area contributed by atoms with Crippen LogP contribution in [0.3, 0.4) is 0 Å². The van der Waals surface area contributed by atoms with Gasteiger partial charge in [0.1, 0.15) is 0 Å². The van der Waals surface area contributed by atoms with Gasteiger partial charge in [0, 0.05) is 32.1 Å². The summed E-state index contributed by atoms with van der Waals surface area (Å²) in [6, 6.07) is 0.610. The number of hydrogen-bond donors (Lipinski definition) is 0. The fourth-order valence-electron chi connectivity index (χ4n) is 2.74. The minimum absolute atomic E-state index is 0.0857. The predicted octanol–water partition coefficient (Wildman–Crippen LogP) is 2.44. The summed E-state index contributed by atoms with van der Waals surface area (Å²) in [6.07, 6.45) is 3.91. The molecule has 1 aliphatic heterocycles. The highest BCUT2D eigenvalue weighted by Gasteiger charge is 2.27. The Balaban J connectivity index is 2.32. The Kier molecular flexibility index (Phi) is 6.66. The predicted molar refractivity (Wildman–Crippen MR) is 85.3 cm³/mol. The maximum atomic E-state index is 12.2. The molecule has 1 rings (SSSR count). The van der Waals surface area contributed by atoms with Gasteiger partial charge in [0.05, 0.1) is 0 Å². The number of carbonyl (C=O) groups is 1. The molecule has 20 heavy (non-hydrogen) atoms. The monoisotopic (exact) mass is 281 g/mol. The molecule has 1 fully saturated rings. The van der Waals surface area contributed by atoms with Crippen molar-refractivity contribution >= 4 is 12.6 Å². The van der Waals surface area contributed by atoms with Crippen molar-refractivity contribution in [3.05, 3.63) is 0 Å². The van der Waals surface area contributed by atoms with E-state index in [2.05, 4.69) is 44.4 Å². The summed E-state index contributed by atoms with van der Waals surface area (Å²) in [7, 11) is 2.18. The summed E-state index contributed by atoms with van der Waals surface area (Å²) in [5, 5.41) is 0. The second-order valence-corrected chi connectivity index (χ2v) is 7.13. The first-order valence-electron chi connectivity index (χ1n) is 7.74. The highest BCUT2D eigenvalue weighted by molar-refractivity contribution is 5.76. The van der Waals surface area contributed by atoms with E-state index in [1.54, 1.807) is 0 Å². The maximum Gasteiger partial charge on any atom is 0.223 e. The van der Waals surface area contributed by atoms with E-state index >= 15 is 0 Å². The Morgan fingerprint density at radius 2 is 1.95 bits per heavy atom. The molecule has 116 valence electrons. The summed E-state index contributed by atoms with van der Waals surface area (Å²) < 4.78 is 0. The number of aliphatic imine (C=N–C) groups is 1. The summed E-state index contributed by atoms with van der Waals surface area (Å²) in [5.74, 6) is 0.314. The van der Waals surface area contributed by atoms with Crippen molar-refractivity contribution in [2.75, 3.05) is 33.2 Å². The third kappa shape index (κ3) is 6.04. The molecule has 0 aliphatic carbocycles. The largest absolute Gasteiger partial charge is 0.343 e. The molecule has 1 heterocycles. The van der Waals surface area contributed by atoms with Crippen LogP contribution in [0.1, 0.15) is 46.5 Å². The summed E-state index contributed by atoms with van der Waals surface area (Å²) >= 11 is 0. The molecule has 4 heteroatoms. The van der Waals surface area contributed by atoms with Gasteiger partial charge in [0.15, 0.2) is 0 Å². The summed E-state index contributed by atoms with van der Waals surface area (Å²) in [5.41, 5.74) is 0.0857. The Hall–Kier alpha value is -0.900. The zero-order chi connectivity index (χ0) is 15.2. The van der Waals surface area contributed by atoms with Crippen LogP contribution in [0.2, 0.25) is 0 Å². The van der Waals surface area contributed by atoms with E-state index in [0.717, 1.165) is 45.4 Å². The second kappa shape index (κ2) is 7.77. The topological polar surface area (TPSA) is 35.9 Å². The van der Waals surface area contributed by atoms with E-state index in [0.29, 0.717) is 18.4 Å². The third-order valence-corrected chi connectivity index (χ3v) is 3.95. The fraction of sp³-hybridized carbons (Fsp3) is 0.875. The lowest BCUT2D eigenvalue weighted by atomic mass is 9.91. The molecule has 4 nitrogen and oxygen atoms in total. The highest BCUT2D eigenvalue weighted by Crippen LogP contribution is 2.22. The van der Waals surface area contributed by atoms with Crippen LogP contribution in [0.4, 0.5) is 0 Å². The van der Waals surface area contributed by atoms with Crippen molar-refractivity contribution in [3.63, 3.8) is 0 Å².